The monoisotopic (exact) mass is 199 g/mol. The maximum absolute atomic E-state index is 2.69. The second-order valence-corrected chi connectivity index (χ2v) is 6.13. The lowest BCUT2D eigenvalue weighted by Crippen LogP contribution is -2.33. The molecule has 2 heteroatoms. The Morgan fingerprint density at radius 1 is 1.23 bits per heavy atom. The molecule has 1 nitrogen and oxygen atoms in total. The summed E-state index contributed by atoms with van der Waals surface area (Å²) in [6.45, 7) is 6.51. The number of rotatable bonds is 0. The summed E-state index contributed by atoms with van der Waals surface area (Å²) in [6.07, 6.45) is 5.86. The summed E-state index contributed by atoms with van der Waals surface area (Å²) in [6, 6.07) is 0. The molecule has 76 valence electrons. The molecule has 2 fully saturated rings. The standard InChI is InChI=1S/C11H21NS/c1-10-8-11-4-2-3-5-12(9-11)6-7-13-10/h10-11H,2-9H2,1H3. The summed E-state index contributed by atoms with van der Waals surface area (Å²) < 4.78 is 0. The molecule has 2 saturated heterocycles. The van der Waals surface area contributed by atoms with Crippen molar-refractivity contribution in [1.82, 2.24) is 4.90 Å². The molecule has 13 heavy (non-hydrogen) atoms. The van der Waals surface area contributed by atoms with Gasteiger partial charge in [0, 0.05) is 24.1 Å². The van der Waals surface area contributed by atoms with E-state index in [4.69, 9.17) is 0 Å². The van der Waals surface area contributed by atoms with Crippen LogP contribution in [0, 0.1) is 5.92 Å². The Hall–Kier alpha value is 0.310. The molecule has 2 rings (SSSR count). The van der Waals surface area contributed by atoms with E-state index in [9.17, 15) is 0 Å². The molecule has 3 unspecified atom stereocenters. The van der Waals surface area contributed by atoms with Crippen molar-refractivity contribution in [3.63, 3.8) is 0 Å². The molecule has 0 aromatic heterocycles. The van der Waals surface area contributed by atoms with Crippen molar-refractivity contribution in [2.24, 2.45) is 5.92 Å². The van der Waals surface area contributed by atoms with Gasteiger partial charge in [0.05, 0.1) is 0 Å². The molecule has 2 aliphatic heterocycles. The summed E-state index contributed by atoms with van der Waals surface area (Å²) in [5.41, 5.74) is 0. The van der Waals surface area contributed by atoms with Crippen molar-refractivity contribution in [2.45, 2.75) is 37.9 Å². The number of fused-ring (bicyclic) bond motifs is 2. The van der Waals surface area contributed by atoms with Crippen LogP contribution in [0.3, 0.4) is 0 Å². The van der Waals surface area contributed by atoms with E-state index in [0.717, 1.165) is 11.2 Å². The Labute approximate surface area is 86.3 Å². The average molecular weight is 199 g/mol. The fourth-order valence-electron chi connectivity index (χ4n) is 2.63. The summed E-state index contributed by atoms with van der Waals surface area (Å²) in [5.74, 6) is 2.36. The van der Waals surface area contributed by atoms with E-state index < -0.39 is 0 Å². The SMILES string of the molecule is CC1CC2CCCCN(CCS1)C2. The molecule has 2 aliphatic rings. The summed E-state index contributed by atoms with van der Waals surface area (Å²) in [5, 5.41) is 0.908. The van der Waals surface area contributed by atoms with Crippen molar-refractivity contribution in [3.8, 4) is 0 Å². The molecule has 0 aromatic rings. The van der Waals surface area contributed by atoms with Crippen molar-refractivity contribution in [3.05, 3.63) is 0 Å². The summed E-state index contributed by atoms with van der Waals surface area (Å²) in [4.78, 5) is 2.69. The Bertz CT molecular complexity index is 160. The maximum atomic E-state index is 2.69. The molecule has 0 amide bonds. The predicted molar refractivity (Wildman–Crippen MR) is 60.3 cm³/mol. The van der Waals surface area contributed by atoms with E-state index in [1.54, 1.807) is 0 Å². The van der Waals surface area contributed by atoms with Crippen LogP contribution in [0.25, 0.3) is 0 Å². The molecule has 0 aliphatic carbocycles. The Kier molecular flexibility index (Phi) is 3.56. The van der Waals surface area contributed by atoms with E-state index in [2.05, 4.69) is 23.6 Å². The molecule has 0 N–H and O–H groups in total. The molecule has 2 heterocycles. The van der Waals surface area contributed by atoms with Gasteiger partial charge in [-0.1, -0.05) is 13.3 Å². The van der Waals surface area contributed by atoms with Gasteiger partial charge in [0.25, 0.3) is 0 Å². The first kappa shape index (κ1) is 9.85. The Balaban J connectivity index is 1.95. The van der Waals surface area contributed by atoms with Crippen LogP contribution in [-0.2, 0) is 0 Å². The van der Waals surface area contributed by atoms with E-state index >= 15 is 0 Å². The summed E-state index contributed by atoms with van der Waals surface area (Å²) in [7, 11) is 0. The lowest BCUT2D eigenvalue weighted by molar-refractivity contribution is 0.252. The first-order chi connectivity index (χ1) is 6.34. The molecule has 0 aromatic carbocycles. The lowest BCUT2D eigenvalue weighted by atomic mass is 9.98. The molecule has 3 atom stereocenters. The van der Waals surface area contributed by atoms with E-state index in [0.29, 0.717) is 0 Å². The van der Waals surface area contributed by atoms with Crippen LogP contribution in [0.5, 0.6) is 0 Å². The van der Waals surface area contributed by atoms with Gasteiger partial charge in [-0.15, -0.1) is 0 Å². The van der Waals surface area contributed by atoms with Crippen molar-refractivity contribution < 1.29 is 0 Å². The normalized spacial score (nSPS) is 41.8. The molecular weight excluding hydrogens is 178 g/mol. The van der Waals surface area contributed by atoms with Crippen LogP contribution in [0.15, 0.2) is 0 Å². The summed E-state index contributed by atoms with van der Waals surface area (Å²) >= 11 is 2.18. The highest BCUT2D eigenvalue weighted by atomic mass is 32.2. The first-order valence-corrected chi connectivity index (χ1v) is 6.73. The average Bonchev–Trinajstić information content (AvgIpc) is 2.28. The number of hydrogen-bond acceptors (Lipinski definition) is 2. The minimum absolute atomic E-state index is 0.908. The maximum Gasteiger partial charge on any atom is 0.00726 e. The van der Waals surface area contributed by atoms with Gasteiger partial charge in [0.2, 0.25) is 0 Å². The van der Waals surface area contributed by atoms with Crippen molar-refractivity contribution in [2.75, 3.05) is 25.4 Å². The number of nitrogens with zero attached hydrogens (tertiary/aromatic N) is 1. The van der Waals surface area contributed by atoms with Crippen molar-refractivity contribution >= 4 is 11.8 Å². The van der Waals surface area contributed by atoms with Crippen LogP contribution >= 0.6 is 11.8 Å². The van der Waals surface area contributed by atoms with E-state index in [-0.39, 0.29) is 0 Å². The van der Waals surface area contributed by atoms with Gasteiger partial charge >= 0.3 is 0 Å². The predicted octanol–water partition coefficient (Wildman–Crippen LogP) is 2.61. The Morgan fingerprint density at radius 2 is 2.15 bits per heavy atom. The highest BCUT2D eigenvalue weighted by Gasteiger charge is 2.22. The van der Waals surface area contributed by atoms with Gasteiger partial charge in [-0.05, 0) is 31.7 Å². The topological polar surface area (TPSA) is 3.24 Å². The van der Waals surface area contributed by atoms with Gasteiger partial charge in [0.15, 0.2) is 0 Å². The zero-order valence-electron chi connectivity index (χ0n) is 8.67. The third-order valence-corrected chi connectivity index (χ3v) is 4.51. The van der Waals surface area contributed by atoms with E-state index in [1.807, 2.05) is 0 Å². The first-order valence-electron chi connectivity index (χ1n) is 5.68. The van der Waals surface area contributed by atoms with Crippen LogP contribution < -0.4 is 0 Å². The Morgan fingerprint density at radius 3 is 3.08 bits per heavy atom. The van der Waals surface area contributed by atoms with E-state index in [1.165, 1.54) is 51.1 Å². The van der Waals surface area contributed by atoms with Gasteiger partial charge in [-0.25, -0.2) is 0 Å². The van der Waals surface area contributed by atoms with Gasteiger partial charge in [0.1, 0.15) is 0 Å². The van der Waals surface area contributed by atoms with Gasteiger partial charge in [-0.3, -0.25) is 0 Å². The molecule has 0 spiro atoms. The highest BCUT2D eigenvalue weighted by Crippen LogP contribution is 2.28. The quantitative estimate of drug-likeness (QED) is 0.590. The smallest absolute Gasteiger partial charge is 0.00726 e. The number of hydrogen-bond donors (Lipinski definition) is 0. The van der Waals surface area contributed by atoms with Gasteiger partial charge < -0.3 is 4.90 Å². The minimum Gasteiger partial charge on any atom is -0.302 e. The third kappa shape index (κ3) is 2.88. The fourth-order valence-corrected chi connectivity index (χ4v) is 3.81. The van der Waals surface area contributed by atoms with Crippen LogP contribution in [0.4, 0.5) is 0 Å². The second kappa shape index (κ2) is 4.70. The third-order valence-electron chi connectivity index (χ3n) is 3.33. The van der Waals surface area contributed by atoms with Crippen LogP contribution in [0.2, 0.25) is 0 Å². The van der Waals surface area contributed by atoms with Gasteiger partial charge in [-0.2, -0.15) is 11.8 Å². The number of thioether (sulfide) groups is 1. The van der Waals surface area contributed by atoms with Crippen LogP contribution in [-0.4, -0.2) is 35.5 Å². The molecular formula is C11H21NS. The largest absolute Gasteiger partial charge is 0.302 e. The molecule has 0 saturated carbocycles. The minimum atomic E-state index is 0.908. The lowest BCUT2D eigenvalue weighted by Gasteiger charge is -2.29. The zero-order valence-corrected chi connectivity index (χ0v) is 9.48. The van der Waals surface area contributed by atoms with Crippen LogP contribution in [0.1, 0.15) is 32.6 Å². The van der Waals surface area contributed by atoms with Crippen molar-refractivity contribution in [1.29, 1.82) is 0 Å². The zero-order chi connectivity index (χ0) is 9.10. The molecule has 2 bridgehead atoms. The fraction of sp³-hybridized carbons (Fsp3) is 1.00. The highest BCUT2D eigenvalue weighted by molar-refractivity contribution is 7.99. The molecule has 0 radical (unpaired) electrons. The second-order valence-electron chi connectivity index (χ2n) is 4.58.